The van der Waals surface area contributed by atoms with E-state index >= 15 is 0 Å². The van der Waals surface area contributed by atoms with Gasteiger partial charge in [0.15, 0.2) is 0 Å². The summed E-state index contributed by atoms with van der Waals surface area (Å²) in [5, 5.41) is 2.31. The molecular formula is C15H10N2S. The highest BCUT2D eigenvalue weighted by molar-refractivity contribution is 7.21. The van der Waals surface area contributed by atoms with Crippen molar-refractivity contribution in [3.63, 3.8) is 0 Å². The predicted octanol–water partition coefficient (Wildman–Crippen LogP) is 4.44. The largest absolute Gasteiger partial charge is 0.360 e. The Balaban J connectivity index is 2.01. The van der Waals surface area contributed by atoms with E-state index in [1.807, 2.05) is 18.3 Å². The monoisotopic (exact) mass is 250 g/mol. The highest BCUT2D eigenvalue weighted by Crippen LogP contribution is 2.34. The van der Waals surface area contributed by atoms with E-state index in [-0.39, 0.29) is 0 Å². The van der Waals surface area contributed by atoms with Gasteiger partial charge in [0.25, 0.3) is 0 Å². The lowest BCUT2D eigenvalue weighted by atomic mass is 10.2. The van der Waals surface area contributed by atoms with Gasteiger partial charge < -0.3 is 4.98 Å². The van der Waals surface area contributed by atoms with Gasteiger partial charge in [-0.05, 0) is 18.2 Å². The molecule has 0 amide bonds. The molecule has 0 aliphatic rings. The maximum absolute atomic E-state index is 4.70. The van der Waals surface area contributed by atoms with Crippen LogP contribution in [0.15, 0.2) is 54.7 Å². The van der Waals surface area contributed by atoms with E-state index in [9.17, 15) is 0 Å². The molecule has 2 heterocycles. The minimum atomic E-state index is 1.07. The molecule has 0 saturated carbocycles. The average molecular weight is 250 g/mol. The summed E-state index contributed by atoms with van der Waals surface area (Å²) in [6, 6.07) is 16.6. The fraction of sp³-hybridized carbons (Fsp3) is 0. The van der Waals surface area contributed by atoms with Crippen molar-refractivity contribution in [2.45, 2.75) is 0 Å². The van der Waals surface area contributed by atoms with Crippen molar-refractivity contribution in [1.29, 1.82) is 0 Å². The second-order valence-electron chi connectivity index (χ2n) is 4.23. The van der Waals surface area contributed by atoms with Gasteiger partial charge in [-0.2, -0.15) is 0 Å². The summed E-state index contributed by atoms with van der Waals surface area (Å²) in [5.74, 6) is 0. The molecule has 2 nitrogen and oxygen atoms in total. The number of nitrogens with one attached hydrogen (secondary N) is 1. The van der Waals surface area contributed by atoms with Crippen LogP contribution in [0.25, 0.3) is 31.7 Å². The third kappa shape index (κ3) is 1.38. The first kappa shape index (κ1) is 9.85. The molecule has 18 heavy (non-hydrogen) atoms. The van der Waals surface area contributed by atoms with Crippen molar-refractivity contribution in [3.8, 4) is 10.6 Å². The van der Waals surface area contributed by atoms with Gasteiger partial charge in [0.05, 0.1) is 10.2 Å². The van der Waals surface area contributed by atoms with Gasteiger partial charge in [-0.1, -0.05) is 30.3 Å². The summed E-state index contributed by atoms with van der Waals surface area (Å²) < 4.78 is 1.23. The number of rotatable bonds is 1. The minimum Gasteiger partial charge on any atom is -0.360 e. The molecule has 4 aromatic rings. The number of H-pyrrole nitrogens is 1. The van der Waals surface area contributed by atoms with E-state index in [4.69, 9.17) is 4.98 Å². The van der Waals surface area contributed by atoms with Gasteiger partial charge >= 0.3 is 0 Å². The number of nitrogens with zero attached hydrogens (tertiary/aromatic N) is 1. The summed E-state index contributed by atoms with van der Waals surface area (Å²) >= 11 is 1.74. The zero-order valence-electron chi connectivity index (χ0n) is 9.55. The highest BCUT2D eigenvalue weighted by atomic mass is 32.1. The van der Waals surface area contributed by atoms with Gasteiger partial charge in [0, 0.05) is 22.7 Å². The molecule has 3 heteroatoms. The summed E-state index contributed by atoms with van der Waals surface area (Å²) in [4.78, 5) is 8.00. The fourth-order valence-corrected chi connectivity index (χ4v) is 3.23. The molecule has 0 unspecified atom stereocenters. The molecule has 1 N–H and O–H groups in total. The quantitative estimate of drug-likeness (QED) is 0.531. The molecular weight excluding hydrogens is 240 g/mol. The lowest BCUT2D eigenvalue weighted by Crippen LogP contribution is -1.72. The van der Waals surface area contributed by atoms with E-state index in [0.717, 1.165) is 16.0 Å². The van der Waals surface area contributed by atoms with Crippen LogP contribution in [-0.4, -0.2) is 9.97 Å². The molecule has 0 atom stereocenters. The Morgan fingerprint density at radius 3 is 2.72 bits per heavy atom. The zero-order valence-corrected chi connectivity index (χ0v) is 10.4. The predicted molar refractivity (Wildman–Crippen MR) is 76.9 cm³/mol. The molecule has 0 bridgehead atoms. The highest BCUT2D eigenvalue weighted by Gasteiger charge is 2.10. The molecule has 86 valence electrons. The molecule has 0 aliphatic heterocycles. The Hall–Kier alpha value is -2.13. The number of hydrogen-bond donors (Lipinski definition) is 1. The van der Waals surface area contributed by atoms with Gasteiger partial charge in [-0.25, -0.2) is 4.98 Å². The van der Waals surface area contributed by atoms with Gasteiger partial charge in [0.1, 0.15) is 5.01 Å². The number of aromatic amines is 1. The minimum absolute atomic E-state index is 1.07. The van der Waals surface area contributed by atoms with E-state index in [1.54, 1.807) is 11.3 Å². The first-order valence-corrected chi connectivity index (χ1v) is 6.65. The summed E-state index contributed by atoms with van der Waals surface area (Å²) in [6.07, 6.45) is 2.04. The van der Waals surface area contributed by atoms with Crippen molar-refractivity contribution >= 4 is 32.5 Å². The summed E-state index contributed by atoms with van der Waals surface area (Å²) in [7, 11) is 0. The first-order valence-electron chi connectivity index (χ1n) is 5.84. The van der Waals surface area contributed by atoms with Crippen molar-refractivity contribution in [1.82, 2.24) is 9.97 Å². The van der Waals surface area contributed by atoms with Crippen LogP contribution in [0.1, 0.15) is 0 Å². The maximum atomic E-state index is 4.70. The van der Waals surface area contributed by atoms with Crippen LogP contribution in [-0.2, 0) is 0 Å². The third-order valence-corrected chi connectivity index (χ3v) is 4.18. The Morgan fingerprint density at radius 2 is 1.78 bits per heavy atom. The maximum Gasteiger partial charge on any atom is 0.126 e. The van der Waals surface area contributed by atoms with Gasteiger partial charge in [-0.3, -0.25) is 0 Å². The smallest absolute Gasteiger partial charge is 0.126 e. The van der Waals surface area contributed by atoms with Crippen LogP contribution >= 0.6 is 11.3 Å². The number of para-hydroxylation sites is 2. The van der Waals surface area contributed by atoms with Crippen LogP contribution in [0.3, 0.4) is 0 Å². The Morgan fingerprint density at radius 1 is 0.944 bits per heavy atom. The van der Waals surface area contributed by atoms with Crippen molar-refractivity contribution in [2.75, 3.05) is 0 Å². The molecule has 2 aromatic heterocycles. The Kier molecular flexibility index (Phi) is 2.02. The van der Waals surface area contributed by atoms with Gasteiger partial charge in [-0.15, -0.1) is 11.3 Å². The van der Waals surface area contributed by atoms with Crippen molar-refractivity contribution in [2.24, 2.45) is 0 Å². The first-order chi connectivity index (χ1) is 8.92. The molecule has 0 saturated heterocycles. The molecule has 4 rings (SSSR count). The van der Waals surface area contributed by atoms with Crippen LogP contribution in [0.5, 0.6) is 0 Å². The number of fused-ring (bicyclic) bond motifs is 2. The van der Waals surface area contributed by atoms with Crippen LogP contribution < -0.4 is 0 Å². The lowest BCUT2D eigenvalue weighted by molar-refractivity contribution is 1.45. The molecule has 0 spiro atoms. The molecule has 2 aromatic carbocycles. The normalized spacial score (nSPS) is 11.3. The van der Waals surface area contributed by atoms with Crippen LogP contribution in [0.2, 0.25) is 0 Å². The number of hydrogen-bond acceptors (Lipinski definition) is 2. The second kappa shape index (κ2) is 3.68. The summed E-state index contributed by atoms with van der Waals surface area (Å²) in [6.45, 7) is 0. The number of thiazole rings is 1. The van der Waals surface area contributed by atoms with E-state index in [1.165, 1.54) is 15.6 Å². The number of aromatic nitrogens is 2. The van der Waals surface area contributed by atoms with Crippen LogP contribution in [0, 0.1) is 0 Å². The number of benzene rings is 2. The van der Waals surface area contributed by atoms with E-state index in [2.05, 4.69) is 41.4 Å². The standard InChI is InChI=1S/C15H10N2S/c1-2-6-12-10(5-1)11(9-16-12)15-17-13-7-3-4-8-14(13)18-15/h1-9,16H. The zero-order chi connectivity index (χ0) is 11.9. The molecule has 0 aliphatic carbocycles. The van der Waals surface area contributed by atoms with Gasteiger partial charge in [0.2, 0.25) is 0 Å². The third-order valence-electron chi connectivity index (χ3n) is 3.11. The lowest BCUT2D eigenvalue weighted by Gasteiger charge is -1.92. The second-order valence-corrected chi connectivity index (χ2v) is 5.27. The average Bonchev–Trinajstić information content (AvgIpc) is 3.02. The van der Waals surface area contributed by atoms with Crippen LogP contribution in [0.4, 0.5) is 0 Å². The van der Waals surface area contributed by atoms with Crippen molar-refractivity contribution in [3.05, 3.63) is 54.7 Å². The van der Waals surface area contributed by atoms with E-state index in [0.29, 0.717) is 0 Å². The molecule has 0 fully saturated rings. The fourth-order valence-electron chi connectivity index (χ4n) is 2.24. The van der Waals surface area contributed by atoms with E-state index < -0.39 is 0 Å². The molecule has 0 radical (unpaired) electrons. The SMILES string of the molecule is c1ccc2sc(-c3c[nH]c4ccccc34)nc2c1. The Bertz CT molecular complexity index is 809. The Labute approximate surface area is 108 Å². The summed E-state index contributed by atoms with van der Waals surface area (Å²) in [5.41, 5.74) is 3.42. The van der Waals surface area contributed by atoms with Crippen molar-refractivity contribution < 1.29 is 0 Å². The topological polar surface area (TPSA) is 28.7 Å².